The molecule has 0 N–H and O–H groups in total. The SMILES string of the molecule is C=C(C)C(=NC)c1ccc(CN2CCOCC2)cc1.CC. The molecule has 3 nitrogen and oxygen atoms in total. The van der Waals surface area contributed by atoms with Crippen molar-refractivity contribution in [3.05, 3.63) is 47.5 Å². The fraction of sp³-hybridized carbons (Fsp3) is 0.500. The van der Waals surface area contributed by atoms with E-state index in [1.54, 1.807) is 0 Å². The van der Waals surface area contributed by atoms with Crippen molar-refractivity contribution >= 4 is 5.71 Å². The first-order chi connectivity index (χ1) is 10.2. The van der Waals surface area contributed by atoms with Crippen LogP contribution in [0.25, 0.3) is 0 Å². The summed E-state index contributed by atoms with van der Waals surface area (Å²) in [5.74, 6) is 0. The minimum absolute atomic E-state index is 0.848. The molecule has 0 unspecified atom stereocenters. The highest BCUT2D eigenvalue weighted by molar-refractivity contribution is 6.11. The molecule has 1 aliphatic rings. The van der Waals surface area contributed by atoms with Crippen LogP contribution in [0.4, 0.5) is 0 Å². The van der Waals surface area contributed by atoms with E-state index in [1.165, 1.54) is 5.56 Å². The Labute approximate surface area is 129 Å². The molecule has 0 radical (unpaired) electrons. The van der Waals surface area contributed by atoms with Crippen LogP contribution in [0.1, 0.15) is 31.9 Å². The van der Waals surface area contributed by atoms with Gasteiger partial charge >= 0.3 is 0 Å². The van der Waals surface area contributed by atoms with E-state index in [2.05, 4.69) is 40.7 Å². The van der Waals surface area contributed by atoms with Gasteiger partial charge in [-0.2, -0.15) is 0 Å². The van der Waals surface area contributed by atoms with Gasteiger partial charge < -0.3 is 4.74 Å². The lowest BCUT2D eigenvalue weighted by atomic mass is 10.0. The molecule has 0 aliphatic carbocycles. The largest absolute Gasteiger partial charge is 0.379 e. The van der Waals surface area contributed by atoms with Crippen molar-refractivity contribution < 1.29 is 4.74 Å². The maximum absolute atomic E-state index is 5.36. The van der Waals surface area contributed by atoms with Gasteiger partial charge in [-0.1, -0.05) is 44.7 Å². The van der Waals surface area contributed by atoms with Crippen LogP contribution in [0.2, 0.25) is 0 Å². The Bertz CT molecular complexity index is 457. The molecule has 3 heteroatoms. The maximum Gasteiger partial charge on any atom is 0.0666 e. The monoisotopic (exact) mass is 288 g/mol. The summed E-state index contributed by atoms with van der Waals surface area (Å²) in [4.78, 5) is 6.72. The highest BCUT2D eigenvalue weighted by atomic mass is 16.5. The number of hydrogen-bond acceptors (Lipinski definition) is 3. The van der Waals surface area contributed by atoms with Gasteiger partial charge in [0.15, 0.2) is 0 Å². The zero-order valence-corrected chi connectivity index (χ0v) is 13.9. The molecular weight excluding hydrogens is 260 g/mol. The molecule has 2 rings (SSSR count). The van der Waals surface area contributed by atoms with Gasteiger partial charge in [0.25, 0.3) is 0 Å². The predicted octanol–water partition coefficient (Wildman–Crippen LogP) is 3.54. The Morgan fingerprint density at radius 3 is 2.24 bits per heavy atom. The fourth-order valence-electron chi connectivity index (χ4n) is 2.35. The van der Waals surface area contributed by atoms with Crippen LogP contribution in [0.5, 0.6) is 0 Å². The summed E-state index contributed by atoms with van der Waals surface area (Å²) in [5, 5.41) is 0. The number of rotatable bonds is 4. The van der Waals surface area contributed by atoms with Crippen molar-refractivity contribution in [2.75, 3.05) is 33.4 Å². The fourth-order valence-corrected chi connectivity index (χ4v) is 2.35. The number of benzene rings is 1. The first-order valence-electron chi connectivity index (χ1n) is 7.73. The molecular formula is C18H28N2O. The van der Waals surface area contributed by atoms with E-state index in [-0.39, 0.29) is 0 Å². The molecule has 0 atom stereocenters. The van der Waals surface area contributed by atoms with Gasteiger partial charge in [-0.25, -0.2) is 0 Å². The number of aliphatic imine (C=N–C) groups is 1. The zero-order valence-electron chi connectivity index (χ0n) is 13.9. The second kappa shape index (κ2) is 9.48. The van der Waals surface area contributed by atoms with Crippen LogP contribution < -0.4 is 0 Å². The van der Waals surface area contributed by atoms with Gasteiger partial charge in [0, 0.05) is 26.7 Å². The standard InChI is InChI=1S/C16H22N2O.C2H6/c1-13(2)16(17-3)15-6-4-14(5-7-15)12-18-8-10-19-11-9-18;1-2/h4-7H,1,8-12H2,2-3H3;1-2H3. The number of allylic oxidation sites excluding steroid dienone is 1. The summed E-state index contributed by atoms with van der Waals surface area (Å²) >= 11 is 0. The third-order valence-corrected chi connectivity index (χ3v) is 3.37. The number of nitrogens with zero attached hydrogens (tertiary/aromatic N) is 2. The van der Waals surface area contributed by atoms with E-state index in [0.29, 0.717) is 0 Å². The number of morpholine rings is 1. The average molecular weight is 288 g/mol. The van der Waals surface area contributed by atoms with Gasteiger partial charge in [-0.3, -0.25) is 9.89 Å². The minimum Gasteiger partial charge on any atom is -0.379 e. The summed E-state index contributed by atoms with van der Waals surface area (Å²) in [6.07, 6.45) is 0. The first-order valence-corrected chi connectivity index (χ1v) is 7.73. The number of hydrogen-bond donors (Lipinski definition) is 0. The van der Waals surface area contributed by atoms with E-state index in [9.17, 15) is 0 Å². The lowest BCUT2D eigenvalue weighted by Crippen LogP contribution is -2.35. The van der Waals surface area contributed by atoms with E-state index in [0.717, 1.165) is 49.7 Å². The Hall–Kier alpha value is -1.45. The van der Waals surface area contributed by atoms with Crippen molar-refractivity contribution in [2.24, 2.45) is 4.99 Å². The van der Waals surface area contributed by atoms with Crippen molar-refractivity contribution in [1.82, 2.24) is 4.90 Å². The van der Waals surface area contributed by atoms with Gasteiger partial charge in [-0.05, 0) is 23.6 Å². The molecule has 1 aromatic carbocycles. The van der Waals surface area contributed by atoms with Crippen LogP contribution in [0.3, 0.4) is 0 Å². The molecule has 0 aromatic heterocycles. The molecule has 1 heterocycles. The van der Waals surface area contributed by atoms with Crippen molar-refractivity contribution in [3.8, 4) is 0 Å². The molecule has 0 bridgehead atoms. The Morgan fingerprint density at radius 2 is 1.76 bits per heavy atom. The molecule has 0 amide bonds. The van der Waals surface area contributed by atoms with E-state index >= 15 is 0 Å². The van der Waals surface area contributed by atoms with E-state index < -0.39 is 0 Å². The van der Waals surface area contributed by atoms with Gasteiger partial charge in [0.05, 0.1) is 18.9 Å². The normalized spacial score (nSPS) is 16.1. The van der Waals surface area contributed by atoms with Crippen LogP contribution in [0.15, 0.2) is 41.4 Å². The molecule has 1 aliphatic heterocycles. The maximum atomic E-state index is 5.36. The van der Waals surface area contributed by atoms with Gasteiger partial charge in [-0.15, -0.1) is 0 Å². The van der Waals surface area contributed by atoms with E-state index in [4.69, 9.17) is 4.74 Å². The lowest BCUT2D eigenvalue weighted by molar-refractivity contribution is 0.0342. The summed E-state index contributed by atoms with van der Waals surface area (Å²) < 4.78 is 5.36. The summed E-state index contributed by atoms with van der Waals surface area (Å²) in [7, 11) is 1.81. The Morgan fingerprint density at radius 1 is 1.19 bits per heavy atom. The highest BCUT2D eigenvalue weighted by Crippen LogP contribution is 2.12. The summed E-state index contributed by atoms with van der Waals surface area (Å²) in [6, 6.07) is 8.62. The Balaban J connectivity index is 0.00000106. The van der Waals surface area contributed by atoms with Gasteiger partial charge in [0.2, 0.25) is 0 Å². The Kier molecular flexibility index (Phi) is 7.95. The third-order valence-electron chi connectivity index (χ3n) is 3.37. The minimum atomic E-state index is 0.848. The number of ether oxygens (including phenoxy) is 1. The molecule has 1 aromatic rings. The molecule has 21 heavy (non-hydrogen) atoms. The highest BCUT2D eigenvalue weighted by Gasteiger charge is 2.11. The van der Waals surface area contributed by atoms with Crippen LogP contribution in [-0.2, 0) is 11.3 Å². The third kappa shape index (κ3) is 5.44. The smallest absolute Gasteiger partial charge is 0.0666 e. The second-order valence-electron chi connectivity index (χ2n) is 4.94. The first kappa shape index (κ1) is 17.6. The summed E-state index contributed by atoms with van der Waals surface area (Å²) in [5.41, 5.74) is 4.46. The lowest BCUT2D eigenvalue weighted by Gasteiger charge is -2.26. The van der Waals surface area contributed by atoms with Crippen molar-refractivity contribution in [3.63, 3.8) is 0 Å². The zero-order chi connectivity index (χ0) is 15.7. The molecule has 1 saturated heterocycles. The molecule has 1 fully saturated rings. The average Bonchev–Trinajstić information content (AvgIpc) is 2.52. The topological polar surface area (TPSA) is 24.8 Å². The molecule has 0 spiro atoms. The molecule has 0 saturated carbocycles. The predicted molar refractivity (Wildman–Crippen MR) is 91.2 cm³/mol. The van der Waals surface area contributed by atoms with Crippen LogP contribution in [0, 0.1) is 0 Å². The second-order valence-corrected chi connectivity index (χ2v) is 4.94. The quantitative estimate of drug-likeness (QED) is 0.792. The summed E-state index contributed by atoms with van der Waals surface area (Å²) in [6.45, 7) is 14.7. The van der Waals surface area contributed by atoms with E-state index in [1.807, 2.05) is 27.8 Å². The van der Waals surface area contributed by atoms with Gasteiger partial charge in [0.1, 0.15) is 0 Å². The van der Waals surface area contributed by atoms with Crippen molar-refractivity contribution in [1.29, 1.82) is 0 Å². The molecule has 116 valence electrons. The van der Waals surface area contributed by atoms with Crippen LogP contribution >= 0.6 is 0 Å². The van der Waals surface area contributed by atoms with Crippen molar-refractivity contribution in [2.45, 2.75) is 27.3 Å². The van der Waals surface area contributed by atoms with Crippen LogP contribution in [-0.4, -0.2) is 44.0 Å².